The van der Waals surface area contributed by atoms with Gasteiger partial charge in [0.1, 0.15) is 18.4 Å². The third-order valence-electron chi connectivity index (χ3n) is 6.18. The number of hydrogen-bond donors (Lipinski definition) is 0. The van der Waals surface area contributed by atoms with Gasteiger partial charge in [0.05, 0.1) is 28.7 Å². The first-order valence-electron chi connectivity index (χ1n) is 11.7. The Morgan fingerprint density at radius 2 is 2.00 bits per heavy atom. The molecule has 0 N–H and O–H groups in total. The zero-order chi connectivity index (χ0) is 24.6. The first-order chi connectivity index (χ1) is 17.6. The third-order valence-corrected chi connectivity index (χ3v) is 7.70. The van der Waals surface area contributed by atoms with E-state index in [9.17, 15) is 0 Å². The van der Waals surface area contributed by atoms with Crippen LogP contribution in [0.3, 0.4) is 0 Å². The normalized spacial score (nSPS) is 12.8. The highest BCUT2D eigenvalue weighted by atomic mass is 35.5. The summed E-state index contributed by atoms with van der Waals surface area (Å²) in [5.74, 6) is 2.47. The van der Waals surface area contributed by atoms with Crippen LogP contribution in [0.2, 0.25) is 5.02 Å². The molecule has 0 atom stereocenters. The van der Waals surface area contributed by atoms with Gasteiger partial charge in [-0.05, 0) is 50.0 Å². The number of benzene rings is 2. The van der Waals surface area contributed by atoms with Gasteiger partial charge in [-0.3, -0.25) is 4.57 Å². The van der Waals surface area contributed by atoms with Crippen LogP contribution in [-0.2, 0) is 13.0 Å². The summed E-state index contributed by atoms with van der Waals surface area (Å²) < 4.78 is 10.1. The summed E-state index contributed by atoms with van der Waals surface area (Å²) in [7, 11) is 4.10. The predicted molar refractivity (Wildman–Crippen MR) is 142 cm³/mol. The van der Waals surface area contributed by atoms with Crippen molar-refractivity contribution in [2.75, 3.05) is 27.2 Å². The molecular formula is C26H24ClN7OS. The molecule has 1 aliphatic rings. The van der Waals surface area contributed by atoms with Crippen LogP contribution in [0.5, 0.6) is 5.75 Å². The van der Waals surface area contributed by atoms with E-state index in [2.05, 4.69) is 63.5 Å². The second-order valence-corrected chi connectivity index (χ2v) is 10.3. The van der Waals surface area contributed by atoms with Crippen LogP contribution in [0.1, 0.15) is 5.56 Å². The number of aromatic nitrogens is 6. The molecule has 0 radical (unpaired) electrons. The molecule has 10 heteroatoms. The zero-order valence-corrected chi connectivity index (χ0v) is 21.5. The highest BCUT2D eigenvalue weighted by Crippen LogP contribution is 2.44. The topological polar surface area (TPSA) is 73.9 Å². The third kappa shape index (κ3) is 4.19. The van der Waals surface area contributed by atoms with Crippen molar-refractivity contribution in [1.82, 2.24) is 34.4 Å². The van der Waals surface area contributed by atoms with E-state index < -0.39 is 0 Å². The molecule has 4 heterocycles. The van der Waals surface area contributed by atoms with Gasteiger partial charge in [0.25, 0.3) is 0 Å². The largest absolute Gasteiger partial charge is 0.493 e. The number of thiophene rings is 1. The number of ether oxygens (including phenoxy) is 1. The van der Waals surface area contributed by atoms with Crippen LogP contribution in [0.25, 0.3) is 38.2 Å². The monoisotopic (exact) mass is 517 g/mol. The summed E-state index contributed by atoms with van der Waals surface area (Å²) in [6.07, 6.45) is 4.13. The first-order valence-corrected chi connectivity index (χ1v) is 12.9. The second-order valence-electron chi connectivity index (χ2n) is 8.86. The fourth-order valence-corrected chi connectivity index (χ4v) is 5.81. The van der Waals surface area contributed by atoms with Crippen molar-refractivity contribution in [1.29, 1.82) is 0 Å². The van der Waals surface area contributed by atoms with Gasteiger partial charge >= 0.3 is 0 Å². The van der Waals surface area contributed by atoms with Crippen molar-refractivity contribution in [2.24, 2.45) is 0 Å². The van der Waals surface area contributed by atoms with Gasteiger partial charge in [-0.1, -0.05) is 29.8 Å². The zero-order valence-electron chi connectivity index (χ0n) is 19.9. The highest BCUT2D eigenvalue weighted by molar-refractivity contribution is 7.19. The Labute approximate surface area is 217 Å². The maximum absolute atomic E-state index is 6.46. The number of hydrogen-bond acceptors (Lipinski definition) is 7. The molecule has 3 aromatic heterocycles. The summed E-state index contributed by atoms with van der Waals surface area (Å²) in [6.45, 7) is 2.26. The van der Waals surface area contributed by atoms with Gasteiger partial charge in [-0.2, -0.15) is 5.10 Å². The Hall–Kier alpha value is -3.53. The van der Waals surface area contributed by atoms with Crippen molar-refractivity contribution in [3.05, 3.63) is 71.8 Å². The van der Waals surface area contributed by atoms with Crippen molar-refractivity contribution in [3.8, 4) is 44.0 Å². The van der Waals surface area contributed by atoms with Crippen molar-refractivity contribution in [3.63, 3.8) is 0 Å². The molecule has 0 unspecified atom stereocenters. The second kappa shape index (κ2) is 9.50. The molecule has 182 valence electrons. The number of likely N-dealkylation sites (N-methyl/N-ethyl adjacent to an activating group) is 1. The molecule has 0 saturated carbocycles. The van der Waals surface area contributed by atoms with Gasteiger partial charge in [0.15, 0.2) is 11.6 Å². The number of halogens is 1. The Kier molecular flexibility index (Phi) is 6.04. The lowest BCUT2D eigenvalue weighted by Gasteiger charge is -2.13. The SMILES string of the molecule is CN(C)CCn1ncnc1-c1ccc2c(c1)OCCc1cc(-c3nncn3-c3ccccc3Cl)sc1-2. The minimum absolute atomic E-state index is 0.601. The summed E-state index contributed by atoms with van der Waals surface area (Å²) in [4.78, 5) is 8.88. The van der Waals surface area contributed by atoms with Crippen molar-refractivity contribution >= 4 is 22.9 Å². The fraction of sp³-hybridized carbons (Fsp3) is 0.231. The molecule has 0 bridgehead atoms. The molecule has 0 amide bonds. The molecule has 6 rings (SSSR count). The van der Waals surface area contributed by atoms with Crippen LogP contribution in [-0.4, -0.2) is 61.7 Å². The van der Waals surface area contributed by atoms with Crippen LogP contribution in [0, 0.1) is 0 Å². The van der Waals surface area contributed by atoms with Gasteiger partial charge in [0.2, 0.25) is 0 Å². The van der Waals surface area contributed by atoms with Gasteiger partial charge < -0.3 is 9.64 Å². The molecule has 8 nitrogen and oxygen atoms in total. The van der Waals surface area contributed by atoms with E-state index >= 15 is 0 Å². The van der Waals surface area contributed by atoms with Gasteiger partial charge in [-0.15, -0.1) is 21.5 Å². The van der Waals surface area contributed by atoms with Crippen LogP contribution >= 0.6 is 22.9 Å². The summed E-state index contributed by atoms with van der Waals surface area (Å²) >= 11 is 8.16. The molecule has 5 aromatic rings. The smallest absolute Gasteiger partial charge is 0.178 e. The summed E-state index contributed by atoms with van der Waals surface area (Å²) in [5, 5.41) is 13.7. The standard InChI is InChI=1S/C26H24ClN7OS/c1-32(2)10-11-34-25(28-15-30-34)18-7-8-19-22(13-18)35-12-9-17-14-23(36-24(17)19)26-31-29-16-33(26)21-6-4-3-5-20(21)27/h3-8,13-16H,9-12H2,1-2H3. The maximum Gasteiger partial charge on any atom is 0.178 e. The van der Waals surface area contributed by atoms with E-state index in [1.807, 2.05) is 33.5 Å². The number of para-hydroxylation sites is 1. The molecule has 2 aromatic carbocycles. The Bertz CT molecular complexity index is 1540. The molecule has 0 spiro atoms. The fourth-order valence-electron chi connectivity index (χ4n) is 4.36. The minimum atomic E-state index is 0.601. The number of fused-ring (bicyclic) bond motifs is 3. The quantitative estimate of drug-likeness (QED) is 0.313. The minimum Gasteiger partial charge on any atom is -0.493 e. The lowest BCUT2D eigenvalue weighted by Crippen LogP contribution is -2.19. The van der Waals surface area contributed by atoms with Crippen LogP contribution in [0.4, 0.5) is 0 Å². The Morgan fingerprint density at radius 1 is 1.11 bits per heavy atom. The summed E-state index contributed by atoms with van der Waals surface area (Å²) in [5.41, 5.74) is 4.16. The molecule has 0 fully saturated rings. The van der Waals surface area contributed by atoms with E-state index in [1.54, 1.807) is 24.0 Å². The van der Waals surface area contributed by atoms with Crippen molar-refractivity contribution in [2.45, 2.75) is 13.0 Å². The number of nitrogens with zero attached hydrogens (tertiary/aromatic N) is 7. The average Bonchev–Trinajstić information content (AvgIpc) is 3.61. The van der Waals surface area contributed by atoms with Gasteiger partial charge in [-0.25, -0.2) is 9.67 Å². The highest BCUT2D eigenvalue weighted by Gasteiger charge is 2.23. The number of rotatable bonds is 6. The van der Waals surface area contributed by atoms with Crippen LogP contribution < -0.4 is 4.74 Å². The Morgan fingerprint density at radius 3 is 2.86 bits per heavy atom. The van der Waals surface area contributed by atoms with E-state index in [0.29, 0.717) is 11.6 Å². The van der Waals surface area contributed by atoms with E-state index in [4.69, 9.17) is 16.3 Å². The summed E-state index contributed by atoms with van der Waals surface area (Å²) in [6, 6.07) is 16.2. The van der Waals surface area contributed by atoms with Gasteiger partial charge in [0, 0.05) is 29.0 Å². The molecule has 0 saturated heterocycles. The lowest BCUT2D eigenvalue weighted by atomic mass is 10.0. The predicted octanol–water partition coefficient (Wildman–Crippen LogP) is 5.07. The Balaban J connectivity index is 1.37. The molecule has 1 aliphatic heterocycles. The van der Waals surface area contributed by atoms with E-state index in [0.717, 1.165) is 58.6 Å². The first kappa shape index (κ1) is 22.9. The van der Waals surface area contributed by atoms with Crippen molar-refractivity contribution < 1.29 is 4.74 Å². The maximum atomic E-state index is 6.46. The molecule has 36 heavy (non-hydrogen) atoms. The lowest BCUT2D eigenvalue weighted by molar-refractivity contribution is 0.326. The van der Waals surface area contributed by atoms with E-state index in [1.165, 1.54) is 10.4 Å². The molecule has 0 aliphatic carbocycles. The average molecular weight is 518 g/mol. The van der Waals surface area contributed by atoms with E-state index in [-0.39, 0.29) is 0 Å². The molecular weight excluding hydrogens is 494 g/mol. The van der Waals surface area contributed by atoms with Crippen LogP contribution in [0.15, 0.2) is 61.2 Å².